The molecule has 1 aliphatic heterocycles. The van der Waals surface area contributed by atoms with E-state index < -0.39 is 0 Å². The third kappa shape index (κ3) is 4.78. The quantitative estimate of drug-likeness (QED) is 0.833. The molecule has 1 N–H and O–H groups in total. The largest absolute Gasteiger partial charge is 0.379 e. The lowest BCUT2D eigenvalue weighted by atomic mass is 10.1. The number of hydrogen-bond acceptors (Lipinski definition) is 4. The lowest BCUT2D eigenvalue weighted by Gasteiger charge is -2.32. The summed E-state index contributed by atoms with van der Waals surface area (Å²) in [5.41, 5.74) is 1.09. The number of aromatic nitrogens is 1. The van der Waals surface area contributed by atoms with E-state index in [1.807, 2.05) is 18.3 Å². The van der Waals surface area contributed by atoms with Crippen LogP contribution in [0, 0.1) is 5.92 Å². The molecule has 2 fully saturated rings. The van der Waals surface area contributed by atoms with E-state index in [4.69, 9.17) is 9.47 Å². The summed E-state index contributed by atoms with van der Waals surface area (Å²) < 4.78 is 11.4. The third-order valence-electron chi connectivity index (χ3n) is 4.26. The molecule has 1 saturated carbocycles. The molecule has 5 nitrogen and oxygen atoms in total. The van der Waals surface area contributed by atoms with Gasteiger partial charge in [0.1, 0.15) is 6.10 Å². The highest BCUT2D eigenvalue weighted by molar-refractivity contribution is 5.76. The second-order valence-corrected chi connectivity index (χ2v) is 6.21. The summed E-state index contributed by atoms with van der Waals surface area (Å²) in [5, 5.41) is 3.12. The van der Waals surface area contributed by atoms with Crippen molar-refractivity contribution in [2.24, 2.45) is 5.92 Å². The Labute approximate surface area is 131 Å². The predicted octanol–water partition coefficient (Wildman–Crippen LogP) is 1.71. The first-order chi connectivity index (χ1) is 10.8. The molecular weight excluding hydrogens is 280 g/mol. The standard InChI is InChI=1S/C17H24N2O3/c20-17(6-5-13-2-1-8-18-10-13)19-15-7-9-21-12-16(15)22-11-14-3-4-14/h1-2,8,10,14-16H,3-7,9,11-12H2,(H,19,20)/t15-,16-/m1/s1. The molecule has 0 aromatic carbocycles. The van der Waals surface area contributed by atoms with Crippen LogP contribution in [0.1, 0.15) is 31.2 Å². The third-order valence-corrected chi connectivity index (χ3v) is 4.26. The molecule has 0 bridgehead atoms. The van der Waals surface area contributed by atoms with Crippen LogP contribution in [0.15, 0.2) is 24.5 Å². The lowest BCUT2D eigenvalue weighted by molar-refractivity contribution is -0.126. The smallest absolute Gasteiger partial charge is 0.220 e. The highest BCUT2D eigenvalue weighted by Crippen LogP contribution is 2.29. The summed E-state index contributed by atoms with van der Waals surface area (Å²) >= 11 is 0. The average Bonchev–Trinajstić information content (AvgIpc) is 3.37. The van der Waals surface area contributed by atoms with Crippen LogP contribution >= 0.6 is 0 Å². The van der Waals surface area contributed by atoms with E-state index >= 15 is 0 Å². The molecule has 2 aliphatic rings. The molecule has 5 heteroatoms. The van der Waals surface area contributed by atoms with E-state index in [-0.39, 0.29) is 18.1 Å². The van der Waals surface area contributed by atoms with Crippen molar-refractivity contribution in [2.45, 2.75) is 44.2 Å². The van der Waals surface area contributed by atoms with Crippen LogP contribution < -0.4 is 5.32 Å². The molecule has 1 saturated heterocycles. The van der Waals surface area contributed by atoms with Gasteiger partial charge in [0.05, 0.1) is 12.6 Å². The summed E-state index contributed by atoms with van der Waals surface area (Å²) in [7, 11) is 0. The van der Waals surface area contributed by atoms with Crippen LogP contribution in [-0.4, -0.2) is 42.9 Å². The maximum Gasteiger partial charge on any atom is 0.220 e. The number of hydrogen-bond donors (Lipinski definition) is 1. The van der Waals surface area contributed by atoms with Gasteiger partial charge in [0.2, 0.25) is 5.91 Å². The Morgan fingerprint density at radius 3 is 3.09 bits per heavy atom. The first-order valence-electron chi connectivity index (χ1n) is 8.19. The number of carbonyl (C=O) groups excluding carboxylic acids is 1. The number of pyridine rings is 1. The number of carbonyl (C=O) groups is 1. The second-order valence-electron chi connectivity index (χ2n) is 6.21. The Bertz CT molecular complexity index is 476. The zero-order valence-electron chi connectivity index (χ0n) is 12.9. The van der Waals surface area contributed by atoms with Crippen molar-refractivity contribution in [1.82, 2.24) is 10.3 Å². The molecule has 22 heavy (non-hydrogen) atoms. The van der Waals surface area contributed by atoms with Gasteiger partial charge in [0, 0.05) is 32.0 Å². The van der Waals surface area contributed by atoms with Crippen LogP contribution in [0.25, 0.3) is 0 Å². The number of aryl methyl sites for hydroxylation is 1. The van der Waals surface area contributed by atoms with Gasteiger partial charge in [-0.05, 0) is 43.2 Å². The minimum absolute atomic E-state index is 0.00306. The van der Waals surface area contributed by atoms with Gasteiger partial charge in [-0.1, -0.05) is 6.07 Å². The van der Waals surface area contributed by atoms with Crippen LogP contribution in [0.2, 0.25) is 0 Å². The molecule has 3 rings (SSSR count). The lowest BCUT2D eigenvalue weighted by Crippen LogP contribution is -2.50. The minimum atomic E-state index is -0.00306. The van der Waals surface area contributed by atoms with Gasteiger partial charge >= 0.3 is 0 Å². The van der Waals surface area contributed by atoms with Gasteiger partial charge < -0.3 is 14.8 Å². The van der Waals surface area contributed by atoms with Gasteiger partial charge in [-0.25, -0.2) is 0 Å². The molecule has 2 heterocycles. The summed E-state index contributed by atoms with van der Waals surface area (Å²) in [6, 6.07) is 3.97. The van der Waals surface area contributed by atoms with Gasteiger partial charge in [0.25, 0.3) is 0 Å². The molecule has 1 aliphatic carbocycles. The van der Waals surface area contributed by atoms with Crippen LogP contribution in [0.3, 0.4) is 0 Å². The maximum atomic E-state index is 12.2. The number of rotatable bonds is 7. The van der Waals surface area contributed by atoms with Crippen LogP contribution in [0.5, 0.6) is 0 Å². The molecule has 0 unspecified atom stereocenters. The summed E-state index contributed by atoms with van der Waals surface area (Å²) in [6.07, 6.45) is 8.13. The second kappa shape index (κ2) is 7.70. The van der Waals surface area contributed by atoms with Crippen molar-refractivity contribution in [2.75, 3.05) is 19.8 Å². The molecular formula is C17H24N2O3. The topological polar surface area (TPSA) is 60.5 Å². The molecule has 1 aromatic heterocycles. The number of amides is 1. The number of nitrogens with one attached hydrogen (secondary N) is 1. The number of ether oxygens (including phenoxy) is 2. The highest BCUT2D eigenvalue weighted by atomic mass is 16.5. The van der Waals surface area contributed by atoms with Crippen molar-refractivity contribution in [3.05, 3.63) is 30.1 Å². The Morgan fingerprint density at radius 1 is 1.41 bits per heavy atom. The zero-order valence-corrected chi connectivity index (χ0v) is 12.9. The first kappa shape index (κ1) is 15.4. The zero-order chi connectivity index (χ0) is 15.2. The minimum Gasteiger partial charge on any atom is -0.379 e. The molecule has 2 atom stereocenters. The number of nitrogens with zero attached hydrogens (tertiary/aromatic N) is 1. The van der Waals surface area contributed by atoms with Crippen molar-refractivity contribution in [3.8, 4) is 0 Å². The summed E-state index contributed by atoms with van der Waals surface area (Å²) in [5.74, 6) is 0.805. The fraction of sp³-hybridized carbons (Fsp3) is 0.647. The van der Waals surface area contributed by atoms with Gasteiger partial charge in [-0.15, -0.1) is 0 Å². The van der Waals surface area contributed by atoms with E-state index in [2.05, 4.69) is 10.3 Å². The fourth-order valence-electron chi connectivity index (χ4n) is 2.67. The average molecular weight is 304 g/mol. The fourth-order valence-corrected chi connectivity index (χ4v) is 2.67. The Kier molecular flexibility index (Phi) is 5.40. The Hall–Kier alpha value is -1.46. The van der Waals surface area contributed by atoms with Crippen molar-refractivity contribution in [1.29, 1.82) is 0 Å². The monoisotopic (exact) mass is 304 g/mol. The van der Waals surface area contributed by atoms with Crippen molar-refractivity contribution >= 4 is 5.91 Å². The molecule has 0 radical (unpaired) electrons. The first-order valence-corrected chi connectivity index (χ1v) is 8.19. The van der Waals surface area contributed by atoms with Crippen molar-refractivity contribution in [3.63, 3.8) is 0 Å². The van der Waals surface area contributed by atoms with Gasteiger partial charge in [0.15, 0.2) is 0 Å². The van der Waals surface area contributed by atoms with E-state index in [0.717, 1.165) is 30.9 Å². The Morgan fingerprint density at radius 2 is 2.32 bits per heavy atom. The molecule has 1 amide bonds. The molecule has 0 spiro atoms. The van der Waals surface area contributed by atoms with E-state index in [9.17, 15) is 4.79 Å². The van der Waals surface area contributed by atoms with Crippen LogP contribution in [0.4, 0.5) is 0 Å². The normalized spacial score (nSPS) is 24.9. The highest BCUT2D eigenvalue weighted by Gasteiger charge is 2.30. The van der Waals surface area contributed by atoms with E-state index in [0.29, 0.717) is 19.6 Å². The molecule has 120 valence electrons. The SMILES string of the molecule is O=C(CCc1cccnc1)N[C@@H]1CCOC[C@H]1OCC1CC1. The summed E-state index contributed by atoms with van der Waals surface area (Å²) in [6.45, 7) is 2.08. The molecule has 1 aromatic rings. The predicted molar refractivity (Wildman–Crippen MR) is 82.4 cm³/mol. The van der Waals surface area contributed by atoms with Crippen molar-refractivity contribution < 1.29 is 14.3 Å². The van der Waals surface area contributed by atoms with Gasteiger partial charge in [-0.2, -0.15) is 0 Å². The van der Waals surface area contributed by atoms with E-state index in [1.54, 1.807) is 6.20 Å². The maximum absolute atomic E-state index is 12.2. The van der Waals surface area contributed by atoms with Gasteiger partial charge in [-0.3, -0.25) is 9.78 Å². The Balaban J connectivity index is 1.43. The van der Waals surface area contributed by atoms with E-state index in [1.165, 1.54) is 12.8 Å². The summed E-state index contributed by atoms with van der Waals surface area (Å²) in [4.78, 5) is 16.2. The van der Waals surface area contributed by atoms with Crippen LogP contribution in [-0.2, 0) is 20.7 Å².